The van der Waals surface area contributed by atoms with Gasteiger partial charge in [0.05, 0.1) is 4.90 Å². The Morgan fingerprint density at radius 3 is 2.25 bits per heavy atom. The molecule has 162 valence electrons. The molecule has 3 heterocycles. The van der Waals surface area contributed by atoms with Crippen molar-refractivity contribution in [1.29, 1.82) is 0 Å². The maximum Gasteiger partial charge on any atom is 0.253 e. The molecule has 5 rings (SSSR count). The smallest absolute Gasteiger partial charge is 0.253 e. The van der Waals surface area contributed by atoms with Crippen LogP contribution in [-0.4, -0.2) is 59.7 Å². The number of aromatic nitrogens is 2. The average molecular weight is 447 g/mol. The lowest BCUT2D eigenvalue weighted by Crippen LogP contribution is -2.50. The Hall–Kier alpha value is -3.49. The molecular weight excluding hydrogens is 424 g/mol. The minimum atomic E-state index is -3.61. The summed E-state index contributed by atoms with van der Waals surface area (Å²) in [7, 11) is -3.61. The Balaban J connectivity index is 1.26. The molecule has 32 heavy (non-hydrogen) atoms. The van der Waals surface area contributed by atoms with E-state index in [2.05, 4.69) is 9.97 Å². The van der Waals surface area contributed by atoms with Crippen LogP contribution in [0.5, 0.6) is 0 Å². The van der Waals surface area contributed by atoms with Crippen LogP contribution < -0.4 is 0 Å². The number of H-pyrrole nitrogens is 1. The van der Waals surface area contributed by atoms with Crippen molar-refractivity contribution in [2.24, 2.45) is 0 Å². The summed E-state index contributed by atoms with van der Waals surface area (Å²) in [5, 5.41) is 0.967. The number of fused-ring (bicyclic) bond motifs is 1. The second kappa shape index (κ2) is 8.22. The number of sulfonamides is 1. The highest BCUT2D eigenvalue weighted by atomic mass is 32.2. The number of nitrogens with one attached hydrogen (secondary N) is 1. The van der Waals surface area contributed by atoms with Gasteiger partial charge in [0.15, 0.2) is 0 Å². The minimum absolute atomic E-state index is 0.0869. The quantitative estimate of drug-likeness (QED) is 0.521. The third-order valence-corrected chi connectivity index (χ3v) is 7.73. The van der Waals surface area contributed by atoms with Crippen LogP contribution in [0.25, 0.3) is 22.0 Å². The first-order valence-electron chi connectivity index (χ1n) is 10.4. The van der Waals surface area contributed by atoms with Crippen molar-refractivity contribution in [2.45, 2.75) is 4.90 Å². The highest BCUT2D eigenvalue weighted by molar-refractivity contribution is 7.89. The predicted molar refractivity (Wildman–Crippen MR) is 123 cm³/mol. The summed E-state index contributed by atoms with van der Waals surface area (Å²) in [5.41, 5.74) is 3.43. The molecule has 2 aromatic heterocycles. The second-order valence-electron chi connectivity index (χ2n) is 7.74. The largest absolute Gasteiger partial charge is 0.361 e. The summed E-state index contributed by atoms with van der Waals surface area (Å²) in [6, 6.07) is 18.3. The van der Waals surface area contributed by atoms with Crippen LogP contribution in [0.3, 0.4) is 0 Å². The van der Waals surface area contributed by atoms with E-state index in [9.17, 15) is 13.2 Å². The zero-order valence-corrected chi connectivity index (χ0v) is 18.1. The van der Waals surface area contributed by atoms with Crippen molar-refractivity contribution in [3.8, 4) is 11.1 Å². The summed E-state index contributed by atoms with van der Waals surface area (Å²) in [6.07, 6.45) is 5.26. The Morgan fingerprint density at radius 1 is 0.844 bits per heavy atom. The lowest BCUT2D eigenvalue weighted by atomic mass is 10.0. The lowest BCUT2D eigenvalue weighted by Gasteiger charge is -2.34. The number of hydrogen-bond donors (Lipinski definition) is 1. The molecule has 7 nitrogen and oxygen atoms in total. The number of piperazine rings is 1. The molecule has 2 aromatic carbocycles. The highest BCUT2D eigenvalue weighted by Gasteiger charge is 2.30. The number of benzene rings is 2. The van der Waals surface area contributed by atoms with Crippen LogP contribution in [0.2, 0.25) is 0 Å². The number of carbonyl (C=O) groups excluding carboxylic acids is 1. The molecule has 0 atom stereocenters. The van der Waals surface area contributed by atoms with Crippen molar-refractivity contribution in [3.05, 3.63) is 84.8 Å². The van der Waals surface area contributed by atoms with Crippen molar-refractivity contribution in [2.75, 3.05) is 26.2 Å². The Bertz CT molecular complexity index is 1360. The summed E-state index contributed by atoms with van der Waals surface area (Å²) >= 11 is 0. The average Bonchev–Trinajstić information content (AvgIpc) is 3.32. The normalized spacial score (nSPS) is 15.2. The molecule has 1 amide bonds. The molecule has 1 saturated heterocycles. The monoisotopic (exact) mass is 446 g/mol. The molecule has 0 bridgehead atoms. The molecule has 8 heteroatoms. The van der Waals surface area contributed by atoms with Gasteiger partial charge in [-0.05, 0) is 59.0 Å². The number of hydrogen-bond acceptors (Lipinski definition) is 4. The van der Waals surface area contributed by atoms with Gasteiger partial charge in [-0.15, -0.1) is 0 Å². The van der Waals surface area contributed by atoms with Gasteiger partial charge in [-0.3, -0.25) is 9.78 Å². The fourth-order valence-corrected chi connectivity index (χ4v) is 5.45. The van der Waals surface area contributed by atoms with Crippen molar-refractivity contribution >= 4 is 26.8 Å². The van der Waals surface area contributed by atoms with Gasteiger partial charge in [-0.1, -0.05) is 18.2 Å². The standard InChI is InChI=1S/C24H22N4O3S/c29-24(21-3-1-18(2-4-21)19-7-10-25-11-8-19)27-13-15-28(16-14-27)32(30,31)22-6-5-20-9-12-26-23(20)17-22/h1-12,17,26H,13-16H2. The van der Waals surface area contributed by atoms with E-state index >= 15 is 0 Å². The van der Waals surface area contributed by atoms with Crippen LogP contribution in [0.4, 0.5) is 0 Å². The van der Waals surface area contributed by atoms with Gasteiger partial charge >= 0.3 is 0 Å². The molecule has 0 spiro atoms. The Morgan fingerprint density at radius 2 is 1.53 bits per heavy atom. The Labute approximate surface area is 186 Å². The fraction of sp³-hybridized carbons (Fsp3) is 0.167. The van der Waals surface area contributed by atoms with Crippen LogP contribution in [0.1, 0.15) is 10.4 Å². The summed E-state index contributed by atoms with van der Waals surface area (Å²) in [6.45, 7) is 1.25. The first-order valence-corrected chi connectivity index (χ1v) is 11.8. The fourth-order valence-electron chi connectivity index (χ4n) is 4.00. The van der Waals surface area contributed by atoms with E-state index in [4.69, 9.17) is 0 Å². The maximum absolute atomic E-state index is 13.1. The summed E-state index contributed by atoms with van der Waals surface area (Å²) in [4.78, 5) is 22.0. The highest BCUT2D eigenvalue weighted by Crippen LogP contribution is 2.23. The molecule has 1 fully saturated rings. The Kier molecular flexibility index (Phi) is 5.24. The van der Waals surface area contributed by atoms with E-state index in [1.807, 2.05) is 42.5 Å². The van der Waals surface area contributed by atoms with Gasteiger partial charge in [0.1, 0.15) is 0 Å². The SMILES string of the molecule is O=C(c1ccc(-c2ccncc2)cc1)N1CCN(S(=O)(=O)c2ccc3cc[nH]c3c2)CC1. The first kappa shape index (κ1) is 20.4. The van der Waals surface area contributed by atoms with E-state index < -0.39 is 10.0 Å². The van der Waals surface area contributed by atoms with Gasteiger partial charge in [0.2, 0.25) is 10.0 Å². The van der Waals surface area contributed by atoms with Crippen LogP contribution in [-0.2, 0) is 10.0 Å². The molecule has 1 N–H and O–H groups in total. The van der Waals surface area contributed by atoms with E-state index in [-0.39, 0.29) is 23.9 Å². The van der Waals surface area contributed by atoms with Crippen LogP contribution in [0, 0.1) is 0 Å². The summed E-state index contributed by atoms with van der Waals surface area (Å²) in [5.74, 6) is -0.0869. The van der Waals surface area contributed by atoms with E-state index in [0.29, 0.717) is 18.7 Å². The minimum Gasteiger partial charge on any atom is -0.361 e. The number of nitrogens with zero attached hydrogens (tertiary/aromatic N) is 3. The molecule has 0 saturated carbocycles. The molecule has 0 unspecified atom stereocenters. The lowest BCUT2D eigenvalue weighted by molar-refractivity contribution is 0.0698. The number of aromatic amines is 1. The first-order chi connectivity index (χ1) is 15.5. The van der Waals surface area contributed by atoms with Gasteiger partial charge in [-0.25, -0.2) is 8.42 Å². The van der Waals surface area contributed by atoms with Gasteiger partial charge in [0.25, 0.3) is 5.91 Å². The number of amides is 1. The van der Waals surface area contributed by atoms with Crippen molar-refractivity contribution in [1.82, 2.24) is 19.2 Å². The zero-order chi connectivity index (χ0) is 22.1. The molecule has 4 aromatic rings. The predicted octanol–water partition coefficient (Wildman–Crippen LogP) is 3.38. The summed E-state index contributed by atoms with van der Waals surface area (Å²) < 4.78 is 27.6. The number of rotatable bonds is 4. The van der Waals surface area contributed by atoms with Gasteiger partial charge < -0.3 is 9.88 Å². The van der Waals surface area contributed by atoms with Crippen molar-refractivity contribution in [3.63, 3.8) is 0 Å². The van der Waals surface area contributed by atoms with E-state index in [1.165, 1.54) is 4.31 Å². The molecular formula is C24H22N4O3S. The maximum atomic E-state index is 13.1. The van der Waals surface area contributed by atoms with E-state index in [1.54, 1.807) is 41.7 Å². The van der Waals surface area contributed by atoms with Crippen LogP contribution >= 0.6 is 0 Å². The zero-order valence-electron chi connectivity index (χ0n) is 17.3. The third-order valence-electron chi connectivity index (χ3n) is 5.84. The van der Waals surface area contributed by atoms with Crippen molar-refractivity contribution < 1.29 is 13.2 Å². The van der Waals surface area contributed by atoms with Gasteiger partial charge in [0, 0.05) is 55.8 Å². The molecule has 1 aliphatic heterocycles. The molecule has 0 aliphatic carbocycles. The number of pyridine rings is 1. The molecule has 0 radical (unpaired) electrons. The van der Waals surface area contributed by atoms with Crippen LogP contribution in [0.15, 0.2) is 84.1 Å². The second-order valence-corrected chi connectivity index (χ2v) is 9.67. The van der Waals surface area contributed by atoms with E-state index in [0.717, 1.165) is 22.0 Å². The number of carbonyl (C=O) groups is 1. The topological polar surface area (TPSA) is 86.4 Å². The third kappa shape index (κ3) is 3.79. The molecule has 1 aliphatic rings. The van der Waals surface area contributed by atoms with Gasteiger partial charge in [-0.2, -0.15) is 4.31 Å².